The number of fused-ring (bicyclic) bond motifs is 1. The van der Waals surface area contributed by atoms with E-state index in [4.69, 9.17) is 9.15 Å². The number of ether oxygens (including phenoxy) is 1. The van der Waals surface area contributed by atoms with E-state index in [9.17, 15) is 14.0 Å². The van der Waals surface area contributed by atoms with Gasteiger partial charge in [-0.1, -0.05) is 18.2 Å². The summed E-state index contributed by atoms with van der Waals surface area (Å²) in [4.78, 5) is 26.9. The summed E-state index contributed by atoms with van der Waals surface area (Å²) < 4.78 is 25.7. The van der Waals surface area contributed by atoms with E-state index in [0.717, 1.165) is 36.0 Å². The fourth-order valence-corrected chi connectivity index (χ4v) is 4.50. The van der Waals surface area contributed by atoms with Crippen LogP contribution in [0.5, 0.6) is 5.75 Å². The minimum absolute atomic E-state index is 0.0788. The molecule has 0 bridgehead atoms. The fraction of sp³-hybridized carbons (Fsp3) is 0.333. The zero-order valence-electron chi connectivity index (χ0n) is 19.1. The second-order valence-electron chi connectivity index (χ2n) is 8.79. The summed E-state index contributed by atoms with van der Waals surface area (Å²) in [5.41, 5.74) is 2.83. The van der Waals surface area contributed by atoms with Gasteiger partial charge in [-0.25, -0.2) is 4.39 Å². The molecule has 1 N–H and O–H groups in total. The number of carbonyl (C=O) groups excluding carboxylic acids is 2. The van der Waals surface area contributed by atoms with E-state index in [1.54, 1.807) is 18.2 Å². The van der Waals surface area contributed by atoms with Crippen molar-refractivity contribution < 1.29 is 23.1 Å². The molecular formula is C27H27FN2O4. The first-order chi connectivity index (χ1) is 16.5. The quantitative estimate of drug-likeness (QED) is 0.556. The van der Waals surface area contributed by atoms with Crippen LogP contribution in [0.3, 0.4) is 0 Å². The van der Waals surface area contributed by atoms with E-state index < -0.39 is 0 Å². The van der Waals surface area contributed by atoms with Crippen molar-refractivity contribution in [1.82, 2.24) is 10.2 Å². The molecule has 1 unspecified atom stereocenters. The second kappa shape index (κ2) is 9.33. The molecule has 1 saturated carbocycles. The normalized spacial score (nSPS) is 17.2. The van der Waals surface area contributed by atoms with Crippen LogP contribution in [0.4, 0.5) is 4.39 Å². The van der Waals surface area contributed by atoms with E-state index in [1.165, 1.54) is 12.1 Å². The van der Waals surface area contributed by atoms with Crippen LogP contribution in [0.2, 0.25) is 0 Å². The summed E-state index contributed by atoms with van der Waals surface area (Å²) in [6.07, 6.45) is 2.58. The lowest BCUT2D eigenvalue weighted by atomic mass is 9.87. The van der Waals surface area contributed by atoms with Gasteiger partial charge in [0.25, 0.3) is 5.91 Å². The van der Waals surface area contributed by atoms with Crippen LogP contribution in [-0.2, 0) is 17.8 Å². The molecule has 1 aliphatic carbocycles. The Bertz CT molecular complexity index is 1220. The predicted octanol–water partition coefficient (Wildman–Crippen LogP) is 4.63. The van der Waals surface area contributed by atoms with Gasteiger partial charge in [0.2, 0.25) is 5.91 Å². The van der Waals surface area contributed by atoms with E-state index in [0.29, 0.717) is 24.6 Å². The Morgan fingerprint density at radius 3 is 2.76 bits per heavy atom. The van der Waals surface area contributed by atoms with Crippen molar-refractivity contribution >= 4 is 11.8 Å². The Hall–Kier alpha value is -3.61. The molecule has 3 aromatic rings. The highest BCUT2D eigenvalue weighted by Crippen LogP contribution is 2.41. The Kier molecular flexibility index (Phi) is 6.09. The first-order valence-electron chi connectivity index (χ1n) is 11.7. The summed E-state index contributed by atoms with van der Waals surface area (Å²) in [6.45, 7) is 3.14. The molecular weight excluding hydrogens is 435 g/mol. The molecule has 1 atom stereocenters. The molecule has 1 aromatic heterocycles. The van der Waals surface area contributed by atoms with Gasteiger partial charge in [0.05, 0.1) is 6.04 Å². The van der Waals surface area contributed by atoms with Gasteiger partial charge in [0.15, 0.2) is 5.76 Å². The molecule has 34 heavy (non-hydrogen) atoms. The maximum absolute atomic E-state index is 14.1. The average molecular weight is 463 g/mol. The number of carbonyl (C=O) groups is 2. The van der Waals surface area contributed by atoms with E-state index in [2.05, 4.69) is 5.32 Å². The fourth-order valence-electron chi connectivity index (χ4n) is 4.50. The van der Waals surface area contributed by atoms with E-state index in [-0.39, 0.29) is 42.0 Å². The van der Waals surface area contributed by atoms with Crippen LogP contribution in [0.15, 0.2) is 59.0 Å². The minimum atomic E-state index is -0.357. The lowest BCUT2D eigenvalue weighted by Crippen LogP contribution is -2.41. The highest BCUT2D eigenvalue weighted by molar-refractivity contribution is 5.91. The standard InChI is InChI=1S/C27H27FN2O4/c1-2-29-26(31)24-11-10-22(34-24)16-33-21-9-8-17-12-13-30(27(32)18-6-7-18)25(23(17)15-21)19-4-3-5-20(28)14-19/h3-5,8-11,14-15,18,25H,2,6-7,12-13,16H2,1H3,(H,29,31). The summed E-state index contributed by atoms with van der Waals surface area (Å²) in [7, 11) is 0. The first-order valence-corrected chi connectivity index (χ1v) is 11.7. The Labute approximate surface area is 197 Å². The smallest absolute Gasteiger partial charge is 0.286 e. The molecule has 2 heterocycles. The van der Waals surface area contributed by atoms with Crippen molar-refractivity contribution in [1.29, 1.82) is 0 Å². The molecule has 2 amide bonds. The lowest BCUT2D eigenvalue weighted by Gasteiger charge is -2.38. The number of halogens is 1. The van der Waals surface area contributed by atoms with Gasteiger partial charge in [-0.2, -0.15) is 0 Å². The molecule has 5 rings (SSSR count). The predicted molar refractivity (Wildman–Crippen MR) is 124 cm³/mol. The summed E-state index contributed by atoms with van der Waals surface area (Å²) in [5.74, 6) is 1.03. The van der Waals surface area contributed by atoms with Gasteiger partial charge in [-0.15, -0.1) is 0 Å². The Balaban J connectivity index is 1.41. The molecule has 1 fully saturated rings. The van der Waals surface area contributed by atoms with E-state index in [1.807, 2.05) is 36.1 Å². The zero-order chi connectivity index (χ0) is 23.7. The molecule has 1 aliphatic heterocycles. The molecule has 0 radical (unpaired) electrons. The third-order valence-corrected chi connectivity index (χ3v) is 6.32. The molecule has 0 saturated heterocycles. The van der Waals surface area contributed by atoms with Crippen molar-refractivity contribution in [3.05, 3.63) is 88.6 Å². The number of amides is 2. The van der Waals surface area contributed by atoms with Crippen LogP contribution in [0, 0.1) is 11.7 Å². The molecule has 0 spiro atoms. The summed E-state index contributed by atoms with van der Waals surface area (Å²) in [5, 5.41) is 2.70. The minimum Gasteiger partial charge on any atom is -0.486 e. The SMILES string of the molecule is CCNC(=O)c1ccc(COc2ccc3c(c2)C(c2cccc(F)c2)N(C(=O)C2CC2)CC3)o1. The van der Waals surface area contributed by atoms with Crippen LogP contribution >= 0.6 is 0 Å². The van der Waals surface area contributed by atoms with Crippen molar-refractivity contribution in [3.63, 3.8) is 0 Å². The van der Waals surface area contributed by atoms with Crippen LogP contribution in [0.25, 0.3) is 0 Å². The zero-order valence-corrected chi connectivity index (χ0v) is 19.1. The van der Waals surface area contributed by atoms with Gasteiger partial charge < -0.3 is 19.4 Å². The topological polar surface area (TPSA) is 71.8 Å². The maximum Gasteiger partial charge on any atom is 0.286 e. The number of nitrogens with zero attached hydrogens (tertiary/aromatic N) is 1. The van der Waals surface area contributed by atoms with Crippen molar-refractivity contribution in [2.24, 2.45) is 5.92 Å². The highest BCUT2D eigenvalue weighted by atomic mass is 19.1. The van der Waals surface area contributed by atoms with Gasteiger partial charge in [-0.3, -0.25) is 9.59 Å². The number of hydrogen-bond donors (Lipinski definition) is 1. The Morgan fingerprint density at radius 1 is 1.15 bits per heavy atom. The molecule has 7 heteroatoms. The first kappa shape index (κ1) is 22.2. The second-order valence-corrected chi connectivity index (χ2v) is 8.79. The number of rotatable bonds is 7. The number of benzene rings is 2. The lowest BCUT2D eigenvalue weighted by molar-refractivity contribution is -0.134. The average Bonchev–Trinajstić information content (AvgIpc) is 3.58. The molecule has 2 aliphatic rings. The van der Waals surface area contributed by atoms with Gasteiger partial charge in [0, 0.05) is 19.0 Å². The van der Waals surface area contributed by atoms with Crippen molar-refractivity contribution in [3.8, 4) is 5.75 Å². The number of hydrogen-bond acceptors (Lipinski definition) is 4. The van der Waals surface area contributed by atoms with E-state index >= 15 is 0 Å². The largest absolute Gasteiger partial charge is 0.486 e. The monoisotopic (exact) mass is 462 g/mol. The highest BCUT2D eigenvalue weighted by Gasteiger charge is 2.39. The van der Waals surface area contributed by atoms with Crippen LogP contribution < -0.4 is 10.1 Å². The molecule has 2 aromatic carbocycles. The third-order valence-electron chi connectivity index (χ3n) is 6.32. The molecule has 176 valence electrons. The number of nitrogens with one attached hydrogen (secondary N) is 1. The van der Waals surface area contributed by atoms with Gasteiger partial charge >= 0.3 is 0 Å². The van der Waals surface area contributed by atoms with Crippen LogP contribution in [0.1, 0.15) is 58.8 Å². The number of furan rings is 1. The van der Waals surface area contributed by atoms with Crippen molar-refractivity contribution in [2.45, 2.75) is 38.8 Å². The maximum atomic E-state index is 14.1. The van der Waals surface area contributed by atoms with Gasteiger partial charge in [0.1, 0.15) is 23.9 Å². The molecule has 6 nitrogen and oxygen atoms in total. The summed E-state index contributed by atoms with van der Waals surface area (Å²) >= 11 is 0. The van der Waals surface area contributed by atoms with Crippen molar-refractivity contribution in [2.75, 3.05) is 13.1 Å². The van der Waals surface area contributed by atoms with Crippen LogP contribution in [-0.4, -0.2) is 29.8 Å². The van der Waals surface area contributed by atoms with Gasteiger partial charge in [-0.05, 0) is 79.3 Å². The summed E-state index contributed by atoms with van der Waals surface area (Å²) in [6, 6.07) is 15.3. The third kappa shape index (κ3) is 4.55. The Morgan fingerprint density at radius 2 is 2.00 bits per heavy atom.